The van der Waals surface area contributed by atoms with Crippen molar-refractivity contribution in [3.63, 3.8) is 0 Å². The number of nitrogens with one attached hydrogen (secondary N) is 1. The zero-order chi connectivity index (χ0) is 24.9. The molecular weight excluding hydrogens is 454 g/mol. The standard InChI is InChI=1S/C23H25N7O5/c1-28-20-19(21(32)29(2)23(28)33)30(22(26-20)27-25-12-15-5-4-10-24-11-15)13-16(31)14-35-18-8-6-17(34-3)7-9-18/h4-12,16,31H,13-14H2,1-3H3,(H,26,27). The number of aliphatic hydroxyl groups is 1. The van der Waals surface area contributed by atoms with Crippen molar-refractivity contribution in [1.29, 1.82) is 0 Å². The van der Waals surface area contributed by atoms with Gasteiger partial charge in [-0.15, -0.1) is 0 Å². The van der Waals surface area contributed by atoms with Gasteiger partial charge in [-0.1, -0.05) is 6.07 Å². The number of pyridine rings is 1. The van der Waals surface area contributed by atoms with Crippen LogP contribution in [0.25, 0.3) is 11.2 Å². The third kappa shape index (κ3) is 5.06. The van der Waals surface area contributed by atoms with Crippen LogP contribution in [0, 0.1) is 0 Å². The first-order chi connectivity index (χ1) is 16.9. The molecule has 0 amide bonds. The number of aryl methyl sites for hydroxylation is 1. The molecule has 35 heavy (non-hydrogen) atoms. The highest BCUT2D eigenvalue weighted by atomic mass is 16.5. The van der Waals surface area contributed by atoms with Crippen LogP contribution in [0.2, 0.25) is 0 Å². The number of hydrazone groups is 1. The number of aromatic nitrogens is 5. The summed E-state index contributed by atoms with van der Waals surface area (Å²) in [4.78, 5) is 33.8. The molecular formula is C23H25N7O5. The fourth-order valence-corrected chi connectivity index (χ4v) is 3.45. The predicted molar refractivity (Wildman–Crippen MR) is 130 cm³/mol. The number of nitrogens with zero attached hydrogens (tertiary/aromatic N) is 6. The van der Waals surface area contributed by atoms with E-state index >= 15 is 0 Å². The maximum Gasteiger partial charge on any atom is 0.332 e. The van der Waals surface area contributed by atoms with Crippen LogP contribution < -0.4 is 26.1 Å². The van der Waals surface area contributed by atoms with Crippen molar-refractivity contribution in [3.8, 4) is 11.5 Å². The van der Waals surface area contributed by atoms with E-state index < -0.39 is 17.4 Å². The molecule has 4 rings (SSSR count). The Morgan fingerprint density at radius 3 is 2.57 bits per heavy atom. The predicted octanol–water partition coefficient (Wildman–Crippen LogP) is 0.723. The lowest BCUT2D eigenvalue weighted by atomic mass is 10.3. The van der Waals surface area contributed by atoms with Crippen molar-refractivity contribution in [2.75, 3.05) is 19.1 Å². The van der Waals surface area contributed by atoms with Gasteiger partial charge in [0.1, 0.15) is 24.2 Å². The molecule has 4 aromatic rings. The summed E-state index contributed by atoms with van der Waals surface area (Å²) in [6.45, 7) is -0.0820. The fraction of sp³-hybridized carbons (Fsp3) is 0.261. The van der Waals surface area contributed by atoms with Crippen LogP contribution in [0.1, 0.15) is 5.56 Å². The summed E-state index contributed by atoms with van der Waals surface area (Å²) in [6.07, 6.45) is 3.82. The Hall–Kier alpha value is -4.45. The second-order valence-corrected chi connectivity index (χ2v) is 7.72. The van der Waals surface area contributed by atoms with E-state index in [0.29, 0.717) is 11.5 Å². The van der Waals surface area contributed by atoms with Crippen LogP contribution in [0.15, 0.2) is 63.5 Å². The van der Waals surface area contributed by atoms with Crippen LogP contribution in [0.3, 0.4) is 0 Å². The molecule has 0 saturated carbocycles. The molecule has 1 atom stereocenters. The lowest BCUT2D eigenvalue weighted by Gasteiger charge is -2.15. The summed E-state index contributed by atoms with van der Waals surface area (Å²) in [7, 11) is 4.48. The normalized spacial score (nSPS) is 12.2. The van der Waals surface area contributed by atoms with E-state index in [2.05, 4.69) is 20.5 Å². The largest absolute Gasteiger partial charge is 0.497 e. The monoisotopic (exact) mass is 479 g/mol. The number of ether oxygens (including phenoxy) is 2. The van der Waals surface area contributed by atoms with E-state index in [0.717, 1.165) is 10.1 Å². The molecule has 2 N–H and O–H groups in total. The molecule has 0 bridgehead atoms. The van der Waals surface area contributed by atoms with Crippen LogP contribution >= 0.6 is 0 Å². The highest BCUT2D eigenvalue weighted by molar-refractivity contribution is 5.80. The zero-order valence-corrected chi connectivity index (χ0v) is 19.5. The number of benzene rings is 1. The third-order valence-corrected chi connectivity index (χ3v) is 5.31. The number of fused-ring (bicyclic) bond motifs is 1. The number of imidazole rings is 1. The highest BCUT2D eigenvalue weighted by Gasteiger charge is 2.21. The second-order valence-electron chi connectivity index (χ2n) is 7.72. The fourth-order valence-electron chi connectivity index (χ4n) is 3.45. The lowest BCUT2D eigenvalue weighted by Crippen LogP contribution is -2.38. The van der Waals surface area contributed by atoms with E-state index in [-0.39, 0.29) is 30.3 Å². The van der Waals surface area contributed by atoms with Crippen molar-refractivity contribution in [2.45, 2.75) is 12.6 Å². The summed E-state index contributed by atoms with van der Waals surface area (Å²) >= 11 is 0. The van der Waals surface area contributed by atoms with Crippen LogP contribution in [-0.4, -0.2) is 54.8 Å². The first-order valence-electron chi connectivity index (χ1n) is 10.7. The molecule has 1 unspecified atom stereocenters. The number of hydrogen-bond acceptors (Lipinski definition) is 9. The van der Waals surface area contributed by atoms with Crippen LogP contribution in [0.5, 0.6) is 11.5 Å². The van der Waals surface area contributed by atoms with Crippen LogP contribution in [-0.2, 0) is 20.6 Å². The van der Waals surface area contributed by atoms with Crippen molar-refractivity contribution < 1.29 is 14.6 Å². The first kappa shape index (κ1) is 23.7. The number of aliphatic hydroxyl groups excluding tert-OH is 1. The van der Waals surface area contributed by atoms with E-state index in [9.17, 15) is 14.7 Å². The van der Waals surface area contributed by atoms with Crippen molar-refractivity contribution in [1.82, 2.24) is 23.7 Å². The van der Waals surface area contributed by atoms with Gasteiger partial charge in [-0.25, -0.2) is 10.2 Å². The minimum Gasteiger partial charge on any atom is -0.497 e. The first-order valence-corrected chi connectivity index (χ1v) is 10.7. The minimum absolute atomic E-state index is 0.0369. The summed E-state index contributed by atoms with van der Waals surface area (Å²) < 4.78 is 14.5. The molecule has 0 spiro atoms. The Kier molecular flexibility index (Phi) is 6.92. The van der Waals surface area contributed by atoms with Gasteiger partial charge in [0.05, 0.1) is 19.9 Å². The van der Waals surface area contributed by atoms with Gasteiger partial charge in [0.25, 0.3) is 5.56 Å². The Bertz CT molecular complexity index is 1460. The molecule has 12 nitrogen and oxygen atoms in total. The van der Waals surface area contributed by atoms with E-state index in [1.165, 1.54) is 29.4 Å². The lowest BCUT2D eigenvalue weighted by molar-refractivity contribution is 0.0938. The Labute approximate surface area is 199 Å². The number of hydrogen-bond donors (Lipinski definition) is 2. The molecule has 0 aliphatic heterocycles. The summed E-state index contributed by atoms with van der Waals surface area (Å²) in [5.74, 6) is 1.42. The summed E-state index contributed by atoms with van der Waals surface area (Å²) in [5, 5.41) is 14.9. The summed E-state index contributed by atoms with van der Waals surface area (Å²) in [5.41, 5.74) is 2.82. The molecule has 3 aromatic heterocycles. The molecule has 182 valence electrons. The summed E-state index contributed by atoms with van der Waals surface area (Å²) in [6, 6.07) is 10.5. The van der Waals surface area contributed by atoms with E-state index in [4.69, 9.17) is 9.47 Å². The topological polar surface area (TPSA) is 138 Å². The van der Waals surface area contributed by atoms with Gasteiger partial charge in [0.2, 0.25) is 5.95 Å². The molecule has 0 aliphatic rings. The van der Waals surface area contributed by atoms with Crippen molar-refractivity contribution in [2.24, 2.45) is 19.2 Å². The average molecular weight is 479 g/mol. The SMILES string of the molecule is COc1ccc(OCC(O)Cn2c(NN=Cc3cccnc3)nc3c2c(=O)n(C)c(=O)n3C)cc1. The second kappa shape index (κ2) is 10.2. The number of rotatable bonds is 9. The Balaban J connectivity index is 1.62. The molecule has 0 aliphatic carbocycles. The van der Waals surface area contributed by atoms with Crippen LogP contribution in [0.4, 0.5) is 5.95 Å². The zero-order valence-electron chi connectivity index (χ0n) is 19.5. The number of methoxy groups -OCH3 is 1. The Morgan fingerprint density at radius 1 is 1.14 bits per heavy atom. The van der Waals surface area contributed by atoms with E-state index in [1.54, 1.807) is 49.8 Å². The van der Waals surface area contributed by atoms with E-state index in [1.807, 2.05) is 6.07 Å². The average Bonchev–Trinajstić information content (AvgIpc) is 3.24. The molecule has 0 fully saturated rings. The van der Waals surface area contributed by atoms with Gasteiger partial charge in [-0.3, -0.25) is 18.9 Å². The third-order valence-electron chi connectivity index (χ3n) is 5.31. The van der Waals surface area contributed by atoms with Gasteiger partial charge >= 0.3 is 5.69 Å². The minimum atomic E-state index is -1.00. The van der Waals surface area contributed by atoms with Gasteiger partial charge in [-0.05, 0) is 30.3 Å². The van der Waals surface area contributed by atoms with Crippen molar-refractivity contribution in [3.05, 3.63) is 75.2 Å². The maximum absolute atomic E-state index is 12.9. The quantitative estimate of drug-likeness (QED) is 0.265. The van der Waals surface area contributed by atoms with Gasteiger partial charge in [-0.2, -0.15) is 10.1 Å². The molecule has 1 aromatic carbocycles. The smallest absolute Gasteiger partial charge is 0.332 e. The maximum atomic E-state index is 12.9. The molecule has 0 saturated heterocycles. The van der Waals surface area contributed by atoms with Crippen molar-refractivity contribution >= 4 is 23.3 Å². The van der Waals surface area contributed by atoms with Gasteiger partial charge < -0.3 is 19.1 Å². The molecule has 3 heterocycles. The Morgan fingerprint density at radius 2 is 1.89 bits per heavy atom. The van der Waals surface area contributed by atoms with Gasteiger partial charge in [0, 0.05) is 32.1 Å². The molecule has 0 radical (unpaired) electrons. The van der Waals surface area contributed by atoms with Gasteiger partial charge in [0.15, 0.2) is 11.2 Å². The molecule has 12 heteroatoms. The highest BCUT2D eigenvalue weighted by Crippen LogP contribution is 2.19. The number of anilines is 1.